The van der Waals surface area contributed by atoms with E-state index in [2.05, 4.69) is 29.9 Å². The summed E-state index contributed by atoms with van der Waals surface area (Å²) in [5, 5.41) is 0. The summed E-state index contributed by atoms with van der Waals surface area (Å²) in [6, 6.07) is 1.76. The molecule has 3 heteroatoms. The van der Waals surface area contributed by atoms with Gasteiger partial charge in [0.15, 0.2) is 0 Å². The molecule has 2 heterocycles. The molecule has 0 spiro atoms. The maximum absolute atomic E-state index is 2.60. The third-order valence-electron chi connectivity index (χ3n) is 2.40. The molecule has 0 aromatic heterocycles. The van der Waals surface area contributed by atoms with Gasteiger partial charge in [0.05, 0.1) is 0 Å². The van der Waals surface area contributed by atoms with Crippen LogP contribution in [0, 0.1) is 0 Å². The Morgan fingerprint density at radius 2 is 1.40 bits per heavy atom. The quantitative estimate of drug-likeness (QED) is 0.442. The average molecular weight is 158 g/mol. The van der Waals surface area contributed by atoms with Crippen molar-refractivity contribution in [3.63, 3.8) is 0 Å². The fourth-order valence-electron chi connectivity index (χ4n) is 1.40. The maximum atomic E-state index is 2.60. The first-order chi connectivity index (χ1) is 4.70. The zero-order valence-electron chi connectivity index (χ0n) is 6.91. The summed E-state index contributed by atoms with van der Waals surface area (Å²) in [6.07, 6.45) is 0. The van der Waals surface area contributed by atoms with Crippen LogP contribution in [0.15, 0.2) is 0 Å². The van der Waals surface area contributed by atoms with Crippen LogP contribution in [0.4, 0.5) is 0 Å². The molecule has 0 radical (unpaired) electrons. The van der Waals surface area contributed by atoms with Crippen molar-refractivity contribution in [3.05, 3.63) is 0 Å². The van der Waals surface area contributed by atoms with Crippen LogP contribution < -0.4 is 0 Å². The summed E-state index contributed by atoms with van der Waals surface area (Å²) in [5.41, 5.74) is 0. The Morgan fingerprint density at radius 1 is 1.10 bits per heavy atom. The molecular formula is C7H15N2P. The lowest BCUT2D eigenvalue weighted by molar-refractivity contribution is 0.726. The van der Waals surface area contributed by atoms with E-state index in [1.165, 1.54) is 13.1 Å². The molecule has 2 rings (SSSR count). The number of hydrogen-bond acceptors (Lipinski definition) is 2. The Balaban J connectivity index is 1.83. The van der Waals surface area contributed by atoms with Crippen molar-refractivity contribution < 1.29 is 0 Å². The second kappa shape index (κ2) is 2.17. The monoisotopic (exact) mass is 158 g/mol. The van der Waals surface area contributed by atoms with Gasteiger partial charge in [0.1, 0.15) is 0 Å². The Bertz CT molecular complexity index is 135. The molecule has 2 nitrogen and oxygen atoms in total. The minimum absolute atomic E-state index is 0.112. The Hall–Kier alpha value is 0.350. The summed E-state index contributed by atoms with van der Waals surface area (Å²) in [7, 11) is 0.112. The van der Waals surface area contributed by atoms with Crippen LogP contribution in [0.2, 0.25) is 0 Å². The van der Waals surface area contributed by atoms with E-state index in [1.807, 2.05) is 0 Å². The first-order valence-corrected chi connectivity index (χ1v) is 5.66. The van der Waals surface area contributed by atoms with Gasteiger partial charge in [-0.2, -0.15) is 0 Å². The van der Waals surface area contributed by atoms with Gasteiger partial charge in [-0.3, -0.25) is 9.34 Å². The van der Waals surface area contributed by atoms with Crippen LogP contribution in [0.25, 0.3) is 0 Å². The predicted octanol–water partition coefficient (Wildman–Crippen LogP) is 1.34. The van der Waals surface area contributed by atoms with Gasteiger partial charge >= 0.3 is 0 Å². The Labute approximate surface area is 64.0 Å². The third kappa shape index (κ3) is 1.09. The van der Waals surface area contributed by atoms with Crippen molar-refractivity contribution in [2.24, 2.45) is 0 Å². The lowest BCUT2D eigenvalue weighted by atomic mass is 10.6. The van der Waals surface area contributed by atoms with E-state index in [9.17, 15) is 0 Å². The second-order valence-electron chi connectivity index (χ2n) is 3.43. The van der Waals surface area contributed by atoms with Gasteiger partial charge in [-0.05, 0) is 20.5 Å². The average Bonchev–Trinajstić information content (AvgIpc) is 2.70. The largest absolute Gasteiger partial charge is 0.264 e. The van der Waals surface area contributed by atoms with E-state index in [1.54, 1.807) is 0 Å². The van der Waals surface area contributed by atoms with Crippen LogP contribution in [-0.4, -0.2) is 41.2 Å². The van der Waals surface area contributed by atoms with E-state index in [0.717, 1.165) is 12.1 Å². The fourth-order valence-corrected chi connectivity index (χ4v) is 3.78. The van der Waals surface area contributed by atoms with E-state index in [-0.39, 0.29) is 8.22 Å². The van der Waals surface area contributed by atoms with Crippen LogP contribution >= 0.6 is 8.22 Å². The SMILES string of the molecule is C[C@@H]1CN1P(C)N1C[C@H]1C. The molecular weight excluding hydrogens is 143 g/mol. The standard InChI is InChI=1S/C7H15N2P/c1-6-4-8(6)10(3)9-5-7(9)2/h6-7H,4-5H2,1-3H3/t6-,7-,8?,9?,10?/m1/s1. The molecule has 0 bridgehead atoms. The maximum Gasteiger partial charge on any atom is 0.0368 e. The van der Waals surface area contributed by atoms with Crippen LogP contribution in [0.5, 0.6) is 0 Å². The molecule has 2 aliphatic rings. The third-order valence-corrected chi connectivity index (χ3v) is 5.00. The lowest BCUT2D eigenvalue weighted by Gasteiger charge is -2.14. The molecule has 2 unspecified atom stereocenters. The summed E-state index contributed by atoms with van der Waals surface area (Å²) in [6.45, 7) is 9.68. The normalized spacial score (nSPS) is 54.3. The molecule has 2 aliphatic heterocycles. The molecule has 2 saturated heterocycles. The van der Waals surface area contributed by atoms with Gasteiger partial charge in [0.2, 0.25) is 0 Å². The number of rotatable bonds is 2. The molecule has 0 aromatic carbocycles. The highest BCUT2D eigenvalue weighted by Gasteiger charge is 2.43. The van der Waals surface area contributed by atoms with Gasteiger partial charge < -0.3 is 0 Å². The highest BCUT2D eigenvalue weighted by atomic mass is 31.1. The summed E-state index contributed by atoms with van der Waals surface area (Å²) < 4.78 is 5.19. The lowest BCUT2D eigenvalue weighted by Crippen LogP contribution is -2.00. The summed E-state index contributed by atoms with van der Waals surface area (Å²) in [5.74, 6) is 0. The van der Waals surface area contributed by atoms with E-state index in [4.69, 9.17) is 0 Å². The molecule has 2 fully saturated rings. The van der Waals surface area contributed by atoms with Crippen LogP contribution in [0.3, 0.4) is 0 Å². The van der Waals surface area contributed by atoms with Gasteiger partial charge in [0.25, 0.3) is 0 Å². The minimum Gasteiger partial charge on any atom is -0.264 e. The van der Waals surface area contributed by atoms with E-state index < -0.39 is 0 Å². The van der Waals surface area contributed by atoms with Crippen LogP contribution in [0.1, 0.15) is 13.8 Å². The molecule has 10 heavy (non-hydrogen) atoms. The second-order valence-corrected chi connectivity index (χ2v) is 5.44. The van der Waals surface area contributed by atoms with Crippen molar-refractivity contribution in [2.75, 3.05) is 19.8 Å². The molecule has 0 aliphatic carbocycles. The van der Waals surface area contributed by atoms with Crippen molar-refractivity contribution in [1.82, 2.24) is 9.34 Å². The van der Waals surface area contributed by atoms with E-state index in [0.29, 0.717) is 0 Å². The minimum atomic E-state index is 0.112. The first-order valence-electron chi connectivity index (χ1n) is 3.97. The van der Waals surface area contributed by atoms with Gasteiger partial charge in [-0.25, -0.2) is 0 Å². The number of nitrogens with zero attached hydrogens (tertiary/aromatic N) is 2. The summed E-state index contributed by atoms with van der Waals surface area (Å²) in [4.78, 5) is 0. The highest BCUT2D eigenvalue weighted by molar-refractivity contribution is 7.52. The predicted molar refractivity (Wildman–Crippen MR) is 45.2 cm³/mol. The molecule has 0 saturated carbocycles. The molecule has 0 aromatic rings. The first kappa shape index (κ1) is 7.02. The van der Waals surface area contributed by atoms with Crippen molar-refractivity contribution in [1.29, 1.82) is 0 Å². The molecule has 0 N–H and O–H groups in total. The zero-order valence-corrected chi connectivity index (χ0v) is 7.80. The smallest absolute Gasteiger partial charge is 0.0368 e. The zero-order chi connectivity index (χ0) is 7.30. The fraction of sp³-hybridized carbons (Fsp3) is 1.00. The van der Waals surface area contributed by atoms with Crippen LogP contribution in [-0.2, 0) is 0 Å². The van der Waals surface area contributed by atoms with Gasteiger partial charge in [-0.15, -0.1) is 0 Å². The van der Waals surface area contributed by atoms with Gasteiger partial charge in [0, 0.05) is 33.4 Å². The van der Waals surface area contributed by atoms with E-state index >= 15 is 0 Å². The Morgan fingerprint density at radius 3 is 1.60 bits per heavy atom. The highest BCUT2D eigenvalue weighted by Crippen LogP contribution is 2.54. The number of hydrogen-bond donors (Lipinski definition) is 0. The molecule has 58 valence electrons. The van der Waals surface area contributed by atoms with Crippen molar-refractivity contribution in [2.45, 2.75) is 25.9 Å². The van der Waals surface area contributed by atoms with Crippen molar-refractivity contribution in [3.8, 4) is 0 Å². The van der Waals surface area contributed by atoms with Crippen molar-refractivity contribution >= 4 is 8.22 Å². The summed E-state index contributed by atoms with van der Waals surface area (Å²) >= 11 is 0. The Kier molecular flexibility index (Phi) is 1.52. The topological polar surface area (TPSA) is 6.02 Å². The molecule has 0 amide bonds. The molecule has 4 atom stereocenters. The van der Waals surface area contributed by atoms with Gasteiger partial charge in [-0.1, -0.05) is 0 Å².